The van der Waals surface area contributed by atoms with Gasteiger partial charge in [-0.25, -0.2) is 9.59 Å². The molecule has 1 fully saturated rings. The molecule has 0 radical (unpaired) electrons. The number of benzene rings is 1. The van der Waals surface area contributed by atoms with Crippen LogP contribution in [0.3, 0.4) is 0 Å². The Morgan fingerprint density at radius 3 is 2.33 bits per heavy atom. The number of carboxylic acid groups (broad SMARTS) is 1. The molecule has 114 valence electrons. The summed E-state index contributed by atoms with van der Waals surface area (Å²) in [5.41, 5.74) is 0.574. The van der Waals surface area contributed by atoms with Gasteiger partial charge < -0.3 is 15.7 Å². The monoisotopic (exact) mass is 310 g/mol. The Hall–Kier alpha value is -1.75. The fraction of sp³-hybridized carbons (Fsp3) is 0.467. The van der Waals surface area contributed by atoms with Gasteiger partial charge in [0.1, 0.15) is 6.04 Å². The van der Waals surface area contributed by atoms with E-state index in [2.05, 4.69) is 10.6 Å². The van der Waals surface area contributed by atoms with E-state index >= 15 is 0 Å². The highest BCUT2D eigenvalue weighted by molar-refractivity contribution is 6.30. The Balaban J connectivity index is 1.94. The van der Waals surface area contributed by atoms with E-state index in [9.17, 15) is 14.7 Å². The van der Waals surface area contributed by atoms with E-state index in [0.29, 0.717) is 10.7 Å². The fourth-order valence-corrected chi connectivity index (χ4v) is 2.82. The number of urea groups is 1. The second-order valence-corrected chi connectivity index (χ2v) is 5.76. The molecule has 0 spiro atoms. The van der Waals surface area contributed by atoms with Gasteiger partial charge in [0.15, 0.2) is 0 Å². The molecule has 0 bridgehead atoms. The quantitative estimate of drug-likeness (QED) is 0.796. The van der Waals surface area contributed by atoms with Gasteiger partial charge in [0, 0.05) is 10.7 Å². The molecule has 0 aliphatic heterocycles. The molecule has 1 saturated carbocycles. The highest BCUT2D eigenvalue weighted by Crippen LogP contribution is 2.26. The van der Waals surface area contributed by atoms with E-state index in [0.717, 1.165) is 32.1 Å². The predicted molar refractivity (Wildman–Crippen MR) is 81.6 cm³/mol. The van der Waals surface area contributed by atoms with E-state index in [4.69, 9.17) is 11.6 Å². The molecule has 0 aromatic heterocycles. The number of nitrogens with one attached hydrogen (secondary N) is 2. The van der Waals surface area contributed by atoms with Crippen LogP contribution in [-0.2, 0) is 4.79 Å². The van der Waals surface area contributed by atoms with Crippen molar-refractivity contribution in [3.63, 3.8) is 0 Å². The number of rotatable bonds is 4. The molecule has 1 aromatic carbocycles. The molecule has 1 atom stereocenters. The summed E-state index contributed by atoms with van der Waals surface area (Å²) in [5, 5.41) is 15.1. The summed E-state index contributed by atoms with van der Waals surface area (Å²) in [5.74, 6) is -0.972. The van der Waals surface area contributed by atoms with Crippen LogP contribution in [0.5, 0.6) is 0 Å². The van der Waals surface area contributed by atoms with Crippen LogP contribution >= 0.6 is 11.6 Å². The van der Waals surface area contributed by atoms with E-state index in [1.54, 1.807) is 24.3 Å². The third-order valence-corrected chi connectivity index (χ3v) is 4.03. The van der Waals surface area contributed by atoms with Crippen molar-refractivity contribution in [1.29, 1.82) is 0 Å². The molecule has 1 aromatic rings. The van der Waals surface area contributed by atoms with Crippen LogP contribution in [0.1, 0.15) is 32.1 Å². The third-order valence-electron chi connectivity index (χ3n) is 3.78. The summed E-state index contributed by atoms with van der Waals surface area (Å²) in [6.45, 7) is 0. The first-order valence-corrected chi connectivity index (χ1v) is 7.50. The standard InChI is InChI=1S/C15H19ClN2O3/c16-11-6-8-12(9-7-11)17-15(21)18-13(14(19)20)10-4-2-1-3-5-10/h6-10,13H,1-5H2,(H,19,20)(H2,17,18,21). The van der Waals surface area contributed by atoms with Gasteiger partial charge in [0.25, 0.3) is 0 Å². The number of carbonyl (C=O) groups is 2. The van der Waals surface area contributed by atoms with E-state index < -0.39 is 18.0 Å². The molecule has 3 N–H and O–H groups in total. The number of amides is 2. The molecular formula is C15H19ClN2O3. The molecule has 1 aliphatic carbocycles. The maximum absolute atomic E-state index is 11.9. The van der Waals surface area contributed by atoms with Crippen LogP contribution in [0, 0.1) is 5.92 Å². The molecule has 0 saturated heterocycles. The van der Waals surface area contributed by atoms with Crippen molar-refractivity contribution in [2.75, 3.05) is 5.32 Å². The van der Waals surface area contributed by atoms with Crippen LogP contribution in [-0.4, -0.2) is 23.1 Å². The fourth-order valence-electron chi connectivity index (χ4n) is 2.69. The third kappa shape index (κ3) is 4.63. The second kappa shape index (κ2) is 7.31. The molecule has 21 heavy (non-hydrogen) atoms. The van der Waals surface area contributed by atoms with E-state index in [1.165, 1.54) is 0 Å². The maximum Gasteiger partial charge on any atom is 0.326 e. The number of carbonyl (C=O) groups excluding carboxylic acids is 1. The molecule has 1 unspecified atom stereocenters. The molecule has 0 heterocycles. The Bertz CT molecular complexity index is 498. The Morgan fingerprint density at radius 2 is 1.76 bits per heavy atom. The Labute approximate surface area is 128 Å². The smallest absolute Gasteiger partial charge is 0.326 e. The first-order valence-electron chi connectivity index (χ1n) is 7.12. The normalized spacial score (nSPS) is 17.0. The molecule has 2 amide bonds. The average molecular weight is 311 g/mol. The van der Waals surface area contributed by atoms with Crippen LogP contribution in [0.4, 0.5) is 10.5 Å². The summed E-state index contributed by atoms with van der Waals surface area (Å²) < 4.78 is 0. The maximum atomic E-state index is 11.9. The molecule has 5 nitrogen and oxygen atoms in total. The minimum Gasteiger partial charge on any atom is -0.480 e. The largest absolute Gasteiger partial charge is 0.480 e. The predicted octanol–water partition coefficient (Wildman–Crippen LogP) is 3.50. The van der Waals surface area contributed by atoms with Crippen molar-refractivity contribution in [3.8, 4) is 0 Å². The van der Waals surface area contributed by atoms with Gasteiger partial charge in [0.05, 0.1) is 0 Å². The highest BCUT2D eigenvalue weighted by atomic mass is 35.5. The zero-order valence-corrected chi connectivity index (χ0v) is 12.4. The lowest BCUT2D eigenvalue weighted by atomic mass is 9.84. The highest BCUT2D eigenvalue weighted by Gasteiger charge is 2.30. The van der Waals surface area contributed by atoms with Crippen LogP contribution in [0.25, 0.3) is 0 Å². The summed E-state index contributed by atoms with van der Waals surface area (Å²) >= 11 is 5.77. The zero-order chi connectivity index (χ0) is 15.2. The van der Waals surface area contributed by atoms with Crippen molar-refractivity contribution in [2.45, 2.75) is 38.1 Å². The summed E-state index contributed by atoms with van der Waals surface area (Å²) in [7, 11) is 0. The van der Waals surface area contributed by atoms with Crippen LogP contribution in [0.2, 0.25) is 5.02 Å². The lowest BCUT2D eigenvalue weighted by molar-refractivity contribution is -0.141. The number of carboxylic acids is 1. The lowest BCUT2D eigenvalue weighted by Gasteiger charge is -2.28. The molecule has 6 heteroatoms. The second-order valence-electron chi connectivity index (χ2n) is 5.32. The van der Waals surface area contributed by atoms with Crippen molar-refractivity contribution in [3.05, 3.63) is 29.3 Å². The minimum absolute atomic E-state index is 0.00668. The van der Waals surface area contributed by atoms with Gasteiger partial charge in [0.2, 0.25) is 0 Å². The SMILES string of the molecule is O=C(Nc1ccc(Cl)cc1)NC(C(=O)O)C1CCCCC1. The number of anilines is 1. The lowest BCUT2D eigenvalue weighted by Crippen LogP contribution is -2.48. The van der Waals surface area contributed by atoms with E-state index in [1.807, 2.05) is 0 Å². The summed E-state index contributed by atoms with van der Waals surface area (Å²) in [6.07, 6.45) is 4.88. The van der Waals surface area contributed by atoms with Gasteiger partial charge in [-0.15, -0.1) is 0 Å². The van der Waals surface area contributed by atoms with E-state index in [-0.39, 0.29) is 5.92 Å². The van der Waals surface area contributed by atoms with Gasteiger partial charge in [-0.05, 0) is 43.0 Å². The number of aliphatic carboxylic acids is 1. The number of halogens is 1. The van der Waals surface area contributed by atoms with Crippen molar-refractivity contribution in [2.24, 2.45) is 5.92 Å². The van der Waals surface area contributed by atoms with Crippen molar-refractivity contribution < 1.29 is 14.7 Å². The van der Waals surface area contributed by atoms with Crippen LogP contribution < -0.4 is 10.6 Å². The average Bonchev–Trinajstić information content (AvgIpc) is 2.48. The summed E-state index contributed by atoms with van der Waals surface area (Å²) in [6, 6.07) is 5.31. The van der Waals surface area contributed by atoms with Crippen molar-refractivity contribution in [1.82, 2.24) is 5.32 Å². The topological polar surface area (TPSA) is 78.4 Å². The first kappa shape index (κ1) is 15.6. The number of hydrogen-bond acceptors (Lipinski definition) is 2. The Morgan fingerprint density at radius 1 is 1.14 bits per heavy atom. The van der Waals surface area contributed by atoms with Crippen LogP contribution in [0.15, 0.2) is 24.3 Å². The minimum atomic E-state index is -0.979. The molecule has 2 rings (SSSR count). The van der Waals surface area contributed by atoms with Gasteiger partial charge >= 0.3 is 12.0 Å². The zero-order valence-electron chi connectivity index (χ0n) is 11.6. The van der Waals surface area contributed by atoms with Gasteiger partial charge in [-0.1, -0.05) is 30.9 Å². The first-order chi connectivity index (χ1) is 10.1. The Kier molecular flexibility index (Phi) is 5.44. The van der Waals surface area contributed by atoms with Crippen molar-refractivity contribution >= 4 is 29.3 Å². The summed E-state index contributed by atoms with van der Waals surface area (Å²) in [4.78, 5) is 23.3. The molecule has 1 aliphatic rings. The number of hydrogen-bond donors (Lipinski definition) is 3. The van der Waals surface area contributed by atoms with Gasteiger partial charge in [-0.3, -0.25) is 0 Å². The molecular weight excluding hydrogens is 292 g/mol. The van der Waals surface area contributed by atoms with Gasteiger partial charge in [-0.2, -0.15) is 0 Å².